The van der Waals surface area contributed by atoms with Crippen LogP contribution in [-0.2, 0) is 16.0 Å². The monoisotopic (exact) mass is 420 g/mol. The van der Waals surface area contributed by atoms with Crippen LogP contribution < -0.4 is 5.32 Å². The third-order valence-electron chi connectivity index (χ3n) is 8.00. The number of hydrogen-bond acceptors (Lipinski definition) is 3. The van der Waals surface area contributed by atoms with Crippen molar-refractivity contribution in [3.8, 4) is 0 Å². The zero-order chi connectivity index (χ0) is 21.8. The molecule has 2 fully saturated rings. The maximum Gasteiger partial charge on any atom is 0.243 e. The smallest absolute Gasteiger partial charge is 0.243 e. The lowest BCUT2D eigenvalue weighted by Gasteiger charge is -2.35. The maximum absolute atomic E-state index is 13.7. The summed E-state index contributed by atoms with van der Waals surface area (Å²) in [5, 5.41) is 14.6. The molecule has 2 aliphatic carbocycles. The summed E-state index contributed by atoms with van der Waals surface area (Å²) in [5.74, 6) is 0.103. The number of amides is 2. The lowest BCUT2D eigenvalue weighted by atomic mass is 9.74. The molecule has 2 saturated heterocycles. The van der Waals surface area contributed by atoms with Gasteiger partial charge in [0.05, 0.1) is 18.2 Å². The van der Waals surface area contributed by atoms with Gasteiger partial charge in [0.1, 0.15) is 6.04 Å². The average molecular weight is 421 g/mol. The molecule has 4 aliphatic rings. The summed E-state index contributed by atoms with van der Waals surface area (Å²) in [6, 6.07) is 7.20. The number of aryl methyl sites for hydroxylation is 1. The Kier molecular flexibility index (Phi) is 5.04. The third-order valence-corrected chi connectivity index (χ3v) is 8.00. The first kappa shape index (κ1) is 20.5. The van der Waals surface area contributed by atoms with Gasteiger partial charge in [-0.2, -0.15) is 0 Å². The number of rotatable bonds is 2. The Bertz CT molecular complexity index is 950. The van der Waals surface area contributed by atoms with Gasteiger partial charge in [0.2, 0.25) is 11.8 Å². The largest absolute Gasteiger partial charge is 0.390 e. The van der Waals surface area contributed by atoms with E-state index in [9.17, 15) is 14.7 Å². The van der Waals surface area contributed by atoms with Crippen molar-refractivity contribution in [1.29, 1.82) is 0 Å². The fourth-order valence-electron chi connectivity index (χ4n) is 6.35. The molecule has 164 valence electrons. The lowest BCUT2D eigenvalue weighted by molar-refractivity contribution is -0.142. The molecule has 2 aliphatic heterocycles. The highest BCUT2D eigenvalue weighted by Gasteiger charge is 2.61. The standard InChI is InChI=1S/C26H32N2O3/c1-26(2)23(25(31)27-20-13-7-10-16-8-3-5-11-18(16)20)28-21(29)15-14-17-9-4-6-12-19(17)22(28)24(26)30/h3-6,8-9,11-12,17,19-20,22-24,30H,7,10,13-15H2,1-2H3,(H,27,31)/t17?,19?,20-,22?,23?,24?/m1/s1. The molecule has 0 aromatic heterocycles. The van der Waals surface area contributed by atoms with E-state index in [1.54, 1.807) is 4.90 Å². The first-order chi connectivity index (χ1) is 14.9. The molecule has 1 aromatic carbocycles. The first-order valence-corrected chi connectivity index (χ1v) is 11.6. The number of benzene rings is 1. The van der Waals surface area contributed by atoms with Crippen molar-refractivity contribution in [2.75, 3.05) is 0 Å². The van der Waals surface area contributed by atoms with Crippen molar-refractivity contribution in [2.45, 2.75) is 70.2 Å². The number of hydrogen-bond donors (Lipinski definition) is 2. The predicted molar refractivity (Wildman–Crippen MR) is 119 cm³/mol. The zero-order valence-electron chi connectivity index (χ0n) is 18.3. The van der Waals surface area contributed by atoms with Crippen molar-refractivity contribution in [3.05, 3.63) is 59.7 Å². The van der Waals surface area contributed by atoms with Gasteiger partial charge in [0, 0.05) is 17.8 Å². The van der Waals surface area contributed by atoms with Crippen LogP contribution in [0.2, 0.25) is 0 Å². The number of allylic oxidation sites excluding steroid dienone is 3. The fourth-order valence-corrected chi connectivity index (χ4v) is 6.35. The Morgan fingerprint density at radius 2 is 1.90 bits per heavy atom. The summed E-state index contributed by atoms with van der Waals surface area (Å²) in [6.45, 7) is 3.85. The Hall–Kier alpha value is -2.40. The molecule has 2 N–H and O–H groups in total. The first-order valence-electron chi connectivity index (χ1n) is 11.6. The average Bonchev–Trinajstić information content (AvgIpc) is 2.88. The molecule has 0 spiro atoms. The van der Waals surface area contributed by atoms with Gasteiger partial charge < -0.3 is 15.3 Å². The van der Waals surface area contributed by atoms with E-state index in [1.807, 2.05) is 38.1 Å². The summed E-state index contributed by atoms with van der Waals surface area (Å²) in [6.07, 6.45) is 11.7. The topological polar surface area (TPSA) is 69.6 Å². The van der Waals surface area contributed by atoms with Crippen LogP contribution in [0.3, 0.4) is 0 Å². The van der Waals surface area contributed by atoms with E-state index in [-0.39, 0.29) is 35.7 Å². The quantitative estimate of drug-likeness (QED) is 0.771. The molecule has 5 unspecified atom stereocenters. The second kappa shape index (κ2) is 7.63. The minimum Gasteiger partial charge on any atom is -0.390 e. The van der Waals surface area contributed by atoms with Gasteiger partial charge in [0.15, 0.2) is 0 Å². The molecule has 5 nitrogen and oxygen atoms in total. The van der Waals surface area contributed by atoms with Crippen molar-refractivity contribution in [2.24, 2.45) is 17.3 Å². The second-order valence-corrected chi connectivity index (χ2v) is 10.2. The van der Waals surface area contributed by atoms with Crippen molar-refractivity contribution in [3.63, 3.8) is 0 Å². The molecule has 2 heterocycles. The highest BCUT2D eigenvalue weighted by atomic mass is 16.3. The molecule has 5 heteroatoms. The Morgan fingerprint density at radius 3 is 2.74 bits per heavy atom. The fraction of sp³-hybridized carbons (Fsp3) is 0.538. The van der Waals surface area contributed by atoms with E-state index in [0.717, 1.165) is 25.7 Å². The van der Waals surface area contributed by atoms with Crippen LogP contribution in [0.25, 0.3) is 0 Å². The van der Waals surface area contributed by atoms with Crippen LogP contribution in [0.15, 0.2) is 48.6 Å². The van der Waals surface area contributed by atoms with Crippen molar-refractivity contribution >= 4 is 11.8 Å². The van der Waals surface area contributed by atoms with Gasteiger partial charge in [-0.15, -0.1) is 0 Å². The van der Waals surface area contributed by atoms with Gasteiger partial charge in [-0.3, -0.25) is 9.59 Å². The van der Waals surface area contributed by atoms with Crippen LogP contribution in [0.4, 0.5) is 0 Å². The maximum atomic E-state index is 13.7. The molecule has 5 rings (SSSR count). The molecule has 0 radical (unpaired) electrons. The summed E-state index contributed by atoms with van der Waals surface area (Å²) in [5.41, 5.74) is 1.74. The van der Waals surface area contributed by atoms with E-state index in [0.29, 0.717) is 6.42 Å². The molecule has 0 saturated carbocycles. The molecular weight excluding hydrogens is 388 g/mol. The van der Waals surface area contributed by atoms with Gasteiger partial charge in [0.25, 0.3) is 0 Å². The number of nitrogens with one attached hydrogen (secondary N) is 1. The van der Waals surface area contributed by atoms with Crippen molar-refractivity contribution < 1.29 is 14.7 Å². The van der Waals surface area contributed by atoms with E-state index in [2.05, 4.69) is 29.6 Å². The van der Waals surface area contributed by atoms with Gasteiger partial charge >= 0.3 is 0 Å². The third kappa shape index (κ3) is 3.25. The van der Waals surface area contributed by atoms with E-state index in [1.165, 1.54) is 11.1 Å². The van der Waals surface area contributed by atoms with E-state index < -0.39 is 17.6 Å². The predicted octanol–water partition coefficient (Wildman–Crippen LogP) is 3.30. The number of carbonyl (C=O) groups is 2. The Morgan fingerprint density at radius 1 is 1.13 bits per heavy atom. The summed E-state index contributed by atoms with van der Waals surface area (Å²) in [4.78, 5) is 28.7. The number of aliphatic hydroxyl groups excluding tert-OH is 1. The molecule has 6 atom stereocenters. The normalized spacial score (nSPS) is 35.7. The van der Waals surface area contributed by atoms with Gasteiger partial charge in [-0.05, 0) is 42.7 Å². The SMILES string of the molecule is CC1(C)C(O)C2C3C=CC=CC3CCC(=O)N2C1C(=O)N[C@@H]1CCCc2ccccc21. The zero-order valence-corrected chi connectivity index (χ0v) is 18.3. The highest BCUT2D eigenvalue weighted by molar-refractivity contribution is 5.90. The molecule has 1 aromatic rings. The number of carbonyl (C=O) groups excluding carboxylic acids is 2. The second-order valence-electron chi connectivity index (χ2n) is 10.2. The van der Waals surface area contributed by atoms with Crippen LogP contribution in [0, 0.1) is 17.3 Å². The molecule has 0 bridgehead atoms. The Labute approximate surface area is 184 Å². The van der Waals surface area contributed by atoms with Crippen molar-refractivity contribution in [1.82, 2.24) is 10.2 Å². The molecular formula is C26H32N2O3. The minimum atomic E-state index is -0.757. The molecule has 2 amide bonds. The van der Waals surface area contributed by atoms with Gasteiger partial charge in [-0.25, -0.2) is 0 Å². The number of aliphatic hydroxyl groups is 1. The highest BCUT2D eigenvalue weighted by Crippen LogP contribution is 2.48. The Balaban J connectivity index is 1.47. The lowest BCUT2D eigenvalue weighted by Crippen LogP contribution is -2.53. The van der Waals surface area contributed by atoms with Gasteiger partial charge in [-0.1, -0.05) is 62.4 Å². The van der Waals surface area contributed by atoms with E-state index in [4.69, 9.17) is 0 Å². The van der Waals surface area contributed by atoms with Crippen LogP contribution >= 0.6 is 0 Å². The summed E-state index contributed by atoms with van der Waals surface area (Å²) < 4.78 is 0. The summed E-state index contributed by atoms with van der Waals surface area (Å²) >= 11 is 0. The van der Waals surface area contributed by atoms with Crippen LogP contribution in [-0.4, -0.2) is 40.0 Å². The van der Waals surface area contributed by atoms with Crippen LogP contribution in [0.5, 0.6) is 0 Å². The number of nitrogens with zero attached hydrogens (tertiary/aromatic N) is 1. The summed E-state index contributed by atoms with van der Waals surface area (Å²) in [7, 11) is 0. The number of fused-ring (bicyclic) bond motifs is 4. The molecule has 31 heavy (non-hydrogen) atoms. The van der Waals surface area contributed by atoms with Crippen LogP contribution in [0.1, 0.15) is 56.7 Å². The minimum absolute atomic E-state index is 0.0185. The van der Waals surface area contributed by atoms with E-state index >= 15 is 0 Å².